The third-order valence-electron chi connectivity index (χ3n) is 3.03. The zero-order chi connectivity index (χ0) is 14.5. The molecule has 0 radical (unpaired) electrons. The molecule has 2 aromatic carbocycles. The van der Waals surface area contributed by atoms with E-state index in [-0.39, 0.29) is 5.56 Å². The minimum absolute atomic E-state index is 0.244. The molecule has 1 atom stereocenters. The van der Waals surface area contributed by atoms with Gasteiger partial charge in [-0.15, -0.1) is 11.8 Å². The molecule has 2 nitrogen and oxygen atoms in total. The summed E-state index contributed by atoms with van der Waals surface area (Å²) < 4.78 is 27.0. The largest absolute Gasteiger partial charge is 0.271 e. The molecule has 0 bridgehead atoms. The molecule has 5 heteroatoms. The number of aryl methyl sites for hydroxylation is 1. The lowest BCUT2D eigenvalue weighted by atomic mass is 10.1. The number of halogens is 2. The van der Waals surface area contributed by atoms with Crippen LogP contribution in [0.25, 0.3) is 0 Å². The van der Waals surface area contributed by atoms with Crippen molar-refractivity contribution >= 4 is 11.8 Å². The van der Waals surface area contributed by atoms with Crippen LogP contribution in [-0.2, 0) is 0 Å². The Hall–Kier alpha value is -1.43. The molecule has 0 aliphatic carbocycles. The molecule has 3 N–H and O–H groups in total. The number of hydrazine groups is 1. The van der Waals surface area contributed by atoms with Crippen LogP contribution < -0.4 is 11.3 Å². The van der Waals surface area contributed by atoms with E-state index in [0.717, 1.165) is 22.6 Å². The summed E-state index contributed by atoms with van der Waals surface area (Å²) in [6, 6.07) is 10.9. The van der Waals surface area contributed by atoms with Gasteiger partial charge in [-0.1, -0.05) is 18.2 Å². The molecule has 2 rings (SSSR count). The Morgan fingerprint density at radius 2 is 1.95 bits per heavy atom. The summed E-state index contributed by atoms with van der Waals surface area (Å²) in [5.41, 5.74) is 3.94. The van der Waals surface area contributed by atoms with Gasteiger partial charge in [0.15, 0.2) is 0 Å². The van der Waals surface area contributed by atoms with Crippen LogP contribution in [0.1, 0.15) is 17.2 Å². The van der Waals surface area contributed by atoms with Crippen LogP contribution in [0.3, 0.4) is 0 Å². The van der Waals surface area contributed by atoms with Gasteiger partial charge in [-0.3, -0.25) is 11.3 Å². The van der Waals surface area contributed by atoms with Gasteiger partial charge in [0, 0.05) is 16.2 Å². The molecule has 0 spiro atoms. The van der Waals surface area contributed by atoms with E-state index in [9.17, 15) is 8.78 Å². The van der Waals surface area contributed by atoms with Gasteiger partial charge in [0.1, 0.15) is 11.6 Å². The minimum Gasteiger partial charge on any atom is -0.271 e. The quantitative estimate of drug-likeness (QED) is 0.503. The summed E-state index contributed by atoms with van der Waals surface area (Å²) in [7, 11) is 0. The van der Waals surface area contributed by atoms with Crippen molar-refractivity contribution in [3.63, 3.8) is 0 Å². The second-order valence-corrected chi connectivity index (χ2v) is 5.52. The van der Waals surface area contributed by atoms with E-state index in [4.69, 9.17) is 5.84 Å². The zero-order valence-corrected chi connectivity index (χ0v) is 11.9. The van der Waals surface area contributed by atoms with Crippen molar-refractivity contribution in [2.24, 2.45) is 5.84 Å². The molecule has 0 amide bonds. The number of hydrogen-bond donors (Lipinski definition) is 2. The first kappa shape index (κ1) is 15.0. The maximum absolute atomic E-state index is 13.7. The topological polar surface area (TPSA) is 38.0 Å². The van der Waals surface area contributed by atoms with E-state index in [1.165, 1.54) is 6.07 Å². The normalized spacial score (nSPS) is 12.4. The lowest BCUT2D eigenvalue weighted by Gasteiger charge is -2.17. The van der Waals surface area contributed by atoms with Crippen molar-refractivity contribution in [1.82, 2.24) is 5.43 Å². The van der Waals surface area contributed by atoms with E-state index in [0.29, 0.717) is 5.75 Å². The lowest BCUT2D eigenvalue weighted by molar-refractivity contribution is 0.534. The van der Waals surface area contributed by atoms with Crippen LogP contribution in [0.2, 0.25) is 0 Å². The Labute approximate surface area is 121 Å². The highest BCUT2D eigenvalue weighted by Gasteiger charge is 2.16. The van der Waals surface area contributed by atoms with Gasteiger partial charge in [-0.2, -0.15) is 0 Å². The third kappa shape index (κ3) is 3.56. The molecule has 1 unspecified atom stereocenters. The van der Waals surface area contributed by atoms with Gasteiger partial charge in [0.2, 0.25) is 0 Å². The van der Waals surface area contributed by atoms with Gasteiger partial charge < -0.3 is 0 Å². The summed E-state index contributed by atoms with van der Waals surface area (Å²) >= 11 is 1.56. The molecular weight excluding hydrogens is 278 g/mol. The van der Waals surface area contributed by atoms with Gasteiger partial charge in [0.05, 0.1) is 6.04 Å². The monoisotopic (exact) mass is 294 g/mol. The molecular formula is C15H16F2N2S. The lowest BCUT2D eigenvalue weighted by Crippen LogP contribution is -2.30. The molecule has 0 aliphatic rings. The van der Waals surface area contributed by atoms with Gasteiger partial charge >= 0.3 is 0 Å². The fourth-order valence-corrected chi connectivity index (χ4v) is 2.99. The number of nitrogens with one attached hydrogen (secondary N) is 1. The summed E-state index contributed by atoms with van der Waals surface area (Å²) in [6.07, 6.45) is 0. The number of benzene rings is 2. The first-order valence-corrected chi connectivity index (χ1v) is 7.20. The maximum atomic E-state index is 13.7. The Balaban J connectivity index is 2.13. The Bertz CT molecular complexity index is 590. The van der Waals surface area contributed by atoms with Crippen molar-refractivity contribution in [3.8, 4) is 0 Å². The average molecular weight is 294 g/mol. The Morgan fingerprint density at radius 3 is 2.65 bits per heavy atom. The highest BCUT2D eigenvalue weighted by Crippen LogP contribution is 2.28. The van der Waals surface area contributed by atoms with E-state index in [2.05, 4.69) is 5.43 Å². The van der Waals surface area contributed by atoms with Crippen molar-refractivity contribution in [2.45, 2.75) is 17.9 Å². The summed E-state index contributed by atoms with van der Waals surface area (Å²) in [6.45, 7) is 2.01. The van der Waals surface area contributed by atoms with Crippen LogP contribution in [-0.4, -0.2) is 5.75 Å². The van der Waals surface area contributed by atoms with Gasteiger partial charge in [0.25, 0.3) is 0 Å². The number of thioether (sulfide) groups is 1. The molecule has 0 saturated heterocycles. The molecule has 106 valence electrons. The second kappa shape index (κ2) is 6.83. The smallest absolute Gasteiger partial charge is 0.128 e. The van der Waals surface area contributed by atoms with Crippen molar-refractivity contribution in [3.05, 3.63) is 65.2 Å². The predicted molar refractivity (Wildman–Crippen MR) is 78.3 cm³/mol. The Kier molecular flexibility index (Phi) is 5.11. The summed E-state index contributed by atoms with van der Waals surface area (Å²) in [4.78, 5) is 1.10. The number of nitrogens with two attached hydrogens (primary N) is 1. The van der Waals surface area contributed by atoms with Crippen LogP contribution in [0, 0.1) is 18.6 Å². The molecule has 0 heterocycles. The average Bonchev–Trinajstić information content (AvgIpc) is 2.45. The van der Waals surface area contributed by atoms with E-state index in [1.54, 1.807) is 11.8 Å². The van der Waals surface area contributed by atoms with Crippen LogP contribution in [0.5, 0.6) is 0 Å². The first-order chi connectivity index (χ1) is 9.61. The third-order valence-corrected chi connectivity index (χ3v) is 4.30. The first-order valence-electron chi connectivity index (χ1n) is 6.21. The SMILES string of the molecule is Cc1ccccc1SCC(NN)c1cc(F)ccc1F. The maximum Gasteiger partial charge on any atom is 0.128 e. The molecule has 0 aromatic heterocycles. The molecule has 0 saturated carbocycles. The highest BCUT2D eigenvalue weighted by atomic mass is 32.2. The van der Waals surface area contributed by atoms with Crippen molar-refractivity contribution < 1.29 is 8.78 Å². The van der Waals surface area contributed by atoms with Crippen LogP contribution in [0.4, 0.5) is 8.78 Å². The Morgan fingerprint density at radius 1 is 1.20 bits per heavy atom. The standard InChI is InChI=1S/C15H16F2N2S/c1-10-4-2-3-5-15(10)20-9-14(19-18)12-8-11(16)6-7-13(12)17/h2-8,14,19H,9,18H2,1H3. The van der Waals surface area contributed by atoms with E-state index < -0.39 is 17.7 Å². The van der Waals surface area contributed by atoms with E-state index >= 15 is 0 Å². The molecule has 2 aromatic rings. The minimum atomic E-state index is -0.470. The molecule has 20 heavy (non-hydrogen) atoms. The second-order valence-electron chi connectivity index (χ2n) is 4.46. The molecule has 0 aliphatic heterocycles. The van der Waals surface area contributed by atoms with Crippen LogP contribution >= 0.6 is 11.8 Å². The fraction of sp³-hybridized carbons (Fsp3) is 0.200. The fourth-order valence-electron chi connectivity index (χ4n) is 1.90. The number of hydrogen-bond acceptors (Lipinski definition) is 3. The highest BCUT2D eigenvalue weighted by molar-refractivity contribution is 7.99. The summed E-state index contributed by atoms with van der Waals surface area (Å²) in [5, 5.41) is 0. The summed E-state index contributed by atoms with van der Waals surface area (Å²) in [5.74, 6) is 5.06. The van der Waals surface area contributed by atoms with Crippen molar-refractivity contribution in [1.29, 1.82) is 0 Å². The molecule has 0 fully saturated rings. The predicted octanol–water partition coefficient (Wildman–Crippen LogP) is 3.57. The number of rotatable bonds is 5. The van der Waals surface area contributed by atoms with E-state index in [1.807, 2.05) is 31.2 Å². The van der Waals surface area contributed by atoms with Gasteiger partial charge in [-0.05, 0) is 36.8 Å². The van der Waals surface area contributed by atoms with Crippen molar-refractivity contribution in [2.75, 3.05) is 5.75 Å². The van der Waals surface area contributed by atoms with Gasteiger partial charge in [-0.25, -0.2) is 8.78 Å². The van der Waals surface area contributed by atoms with Crippen LogP contribution in [0.15, 0.2) is 47.4 Å². The zero-order valence-electron chi connectivity index (χ0n) is 11.1.